The number of hydrogen-bond donors (Lipinski definition) is 0. The Labute approximate surface area is 103 Å². The quantitative estimate of drug-likeness (QED) is 0.527. The van der Waals surface area contributed by atoms with Crippen molar-refractivity contribution in [1.29, 1.82) is 5.26 Å². The average Bonchev–Trinajstić information content (AvgIpc) is 2.29. The molecule has 0 aromatic heterocycles. The van der Waals surface area contributed by atoms with E-state index in [4.69, 9.17) is 14.7 Å². The second-order valence-corrected chi connectivity index (χ2v) is 5.55. The van der Waals surface area contributed by atoms with Gasteiger partial charge in [0, 0.05) is 40.3 Å². The van der Waals surface area contributed by atoms with Crippen molar-refractivity contribution in [2.75, 3.05) is 46.3 Å². The lowest BCUT2D eigenvalue weighted by Crippen LogP contribution is -2.36. The van der Waals surface area contributed by atoms with Gasteiger partial charge in [0.1, 0.15) is 0 Å². The smallest absolute Gasteiger partial charge is 0.214 e. The molecule has 7 heteroatoms. The molecule has 0 bridgehead atoms. The molecule has 100 valence electrons. The lowest BCUT2D eigenvalue weighted by Gasteiger charge is -2.20. The maximum atomic E-state index is 11.9. The number of methoxy groups -OCH3 is 2. The van der Waals surface area contributed by atoms with Gasteiger partial charge in [-0.2, -0.15) is 9.57 Å². The number of ether oxygens (including phenoxy) is 2. The molecule has 0 heterocycles. The van der Waals surface area contributed by atoms with Gasteiger partial charge >= 0.3 is 0 Å². The zero-order valence-electron chi connectivity index (χ0n) is 10.4. The zero-order valence-corrected chi connectivity index (χ0v) is 11.2. The summed E-state index contributed by atoms with van der Waals surface area (Å²) in [6, 6.07) is 1.94. The summed E-state index contributed by atoms with van der Waals surface area (Å²) in [6.07, 6.45) is 0.641. The van der Waals surface area contributed by atoms with Crippen LogP contribution in [0.25, 0.3) is 0 Å². The van der Waals surface area contributed by atoms with Gasteiger partial charge in [-0.15, -0.1) is 0 Å². The van der Waals surface area contributed by atoms with Gasteiger partial charge < -0.3 is 9.47 Å². The minimum Gasteiger partial charge on any atom is -0.385 e. The van der Waals surface area contributed by atoms with Gasteiger partial charge in [-0.25, -0.2) is 8.42 Å². The van der Waals surface area contributed by atoms with Crippen LogP contribution in [-0.2, 0) is 19.5 Å². The van der Waals surface area contributed by atoms with E-state index in [9.17, 15) is 8.42 Å². The fraction of sp³-hybridized carbons (Fsp3) is 0.900. The summed E-state index contributed by atoms with van der Waals surface area (Å²) in [5.74, 6) is 0.0377. The predicted octanol–water partition coefficient (Wildman–Crippen LogP) is 0.215. The summed E-state index contributed by atoms with van der Waals surface area (Å²) >= 11 is 0. The van der Waals surface area contributed by atoms with Crippen LogP contribution < -0.4 is 0 Å². The highest BCUT2D eigenvalue weighted by atomic mass is 32.2. The van der Waals surface area contributed by atoms with E-state index in [1.54, 1.807) is 0 Å². The maximum Gasteiger partial charge on any atom is 0.214 e. The summed E-state index contributed by atoms with van der Waals surface area (Å²) in [6.45, 7) is 1.24. The van der Waals surface area contributed by atoms with Crippen molar-refractivity contribution in [1.82, 2.24) is 4.31 Å². The van der Waals surface area contributed by atoms with Crippen molar-refractivity contribution in [2.45, 2.75) is 12.8 Å². The monoisotopic (exact) mass is 264 g/mol. The molecule has 0 aromatic carbocycles. The van der Waals surface area contributed by atoms with Gasteiger partial charge in [-0.3, -0.25) is 0 Å². The first-order valence-corrected chi connectivity index (χ1v) is 7.02. The van der Waals surface area contributed by atoms with E-state index in [1.165, 1.54) is 18.5 Å². The first kappa shape index (κ1) is 16.3. The third-order valence-corrected chi connectivity index (χ3v) is 4.12. The maximum absolute atomic E-state index is 11.9. The van der Waals surface area contributed by atoms with E-state index in [0.29, 0.717) is 19.6 Å². The highest BCUT2D eigenvalue weighted by Gasteiger charge is 2.20. The van der Waals surface area contributed by atoms with Crippen molar-refractivity contribution in [3.63, 3.8) is 0 Å². The number of nitriles is 1. The Morgan fingerprint density at radius 3 is 2.35 bits per heavy atom. The topological polar surface area (TPSA) is 79.6 Å². The normalized spacial score (nSPS) is 11.6. The molecule has 6 nitrogen and oxygen atoms in total. The van der Waals surface area contributed by atoms with Gasteiger partial charge in [-0.1, -0.05) is 0 Å². The van der Waals surface area contributed by atoms with Crippen molar-refractivity contribution in [3.05, 3.63) is 0 Å². The second kappa shape index (κ2) is 9.36. The molecule has 0 aliphatic rings. The van der Waals surface area contributed by atoms with Gasteiger partial charge in [0.05, 0.1) is 18.4 Å². The molecule has 0 radical (unpaired) electrons. The molecule has 0 amide bonds. The van der Waals surface area contributed by atoms with Gasteiger partial charge in [0.2, 0.25) is 10.0 Å². The van der Waals surface area contributed by atoms with Crippen molar-refractivity contribution in [2.24, 2.45) is 0 Å². The van der Waals surface area contributed by atoms with Crippen LogP contribution in [0.1, 0.15) is 12.8 Å². The third-order valence-electron chi connectivity index (χ3n) is 2.16. The zero-order chi connectivity index (χ0) is 13.1. The van der Waals surface area contributed by atoms with Crippen LogP contribution in [-0.4, -0.2) is 59.0 Å². The molecule has 0 N–H and O–H groups in total. The van der Waals surface area contributed by atoms with Crippen LogP contribution in [0.5, 0.6) is 0 Å². The fourth-order valence-corrected chi connectivity index (χ4v) is 2.74. The Balaban J connectivity index is 4.36. The van der Waals surface area contributed by atoms with E-state index < -0.39 is 10.0 Å². The first-order chi connectivity index (χ1) is 8.08. The number of hydrogen-bond acceptors (Lipinski definition) is 5. The van der Waals surface area contributed by atoms with E-state index in [2.05, 4.69) is 0 Å². The molecule has 0 rings (SSSR count). The minimum atomic E-state index is -3.32. The lowest BCUT2D eigenvalue weighted by atomic mass is 10.4. The van der Waals surface area contributed by atoms with Crippen molar-refractivity contribution in [3.8, 4) is 6.07 Å². The molecule has 0 unspecified atom stereocenters. The molecule has 0 aromatic rings. The Bertz CT molecular complexity index is 324. The molecule has 0 saturated carbocycles. The van der Waals surface area contributed by atoms with Crippen LogP contribution in [0.15, 0.2) is 0 Å². The Morgan fingerprint density at radius 1 is 1.18 bits per heavy atom. The Kier molecular flexibility index (Phi) is 8.99. The molecular formula is C10H20N2O4S. The van der Waals surface area contributed by atoms with Gasteiger partial charge in [0.15, 0.2) is 0 Å². The van der Waals surface area contributed by atoms with E-state index in [1.807, 2.05) is 6.07 Å². The summed E-state index contributed by atoms with van der Waals surface area (Å²) in [7, 11) is -0.270. The number of sulfonamides is 1. The highest BCUT2D eigenvalue weighted by Crippen LogP contribution is 2.04. The van der Waals surface area contributed by atoms with Crippen LogP contribution in [0.2, 0.25) is 0 Å². The molecule has 0 fully saturated rings. The number of rotatable bonds is 10. The summed E-state index contributed by atoms with van der Waals surface area (Å²) < 4.78 is 34.8. The van der Waals surface area contributed by atoms with Gasteiger partial charge in [0.25, 0.3) is 0 Å². The predicted molar refractivity (Wildman–Crippen MR) is 64.0 cm³/mol. The van der Waals surface area contributed by atoms with E-state index >= 15 is 0 Å². The summed E-state index contributed by atoms with van der Waals surface area (Å²) in [5.41, 5.74) is 0. The summed E-state index contributed by atoms with van der Waals surface area (Å²) in [4.78, 5) is 0. The fourth-order valence-electron chi connectivity index (χ4n) is 1.27. The largest absolute Gasteiger partial charge is 0.385 e. The van der Waals surface area contributed by atoms with Crippen LogP contribution in [0.3, 0.4) is 0 Å². The average molecular weight is 264 g/mol. The van der Waals surface area contributed by atoms with Crippen molar-refractivity contribution >= 4 is 10.0 Å². The van der Waals surface area contributed by atoms with Crippen molar-refractivity contribution < 1.29 is 17.9 Å². The standard InChI is InChI=1S/C10H20N2O4S/c1-15-8-4-10-17(13,14)12(6-3-5-11)7-9-16-2/h3-4,6-10H2,1-2H3. The van der Waals surface area contributed by atoms with Crippen LogP contribution in [0.4, 0.5) is 0 Å². The molecule has 17 heavy (non-hydrogen) atoms. The van der Waals surface area contributed by atoms with E-state index in [-0.39, 0.29) is 25.3 Å². The molecule has 0 saturated heterocycles. The Hall–Kier alpha value is -0.680. The van der Waals surface area contributed by atoms with Crippen LogP contribution >= 0.6 is 0 Å². The van der Waals surface area contributed by atoms with Crippen LogP contribution in [0, 0.1) is 11.3 Å². The minimum absolute atomic E-state index is 0.0377. The third kappa shape index (κ3) is 7.28. The second-order valence-electron chi connectivity index (χ2n) is 3.46. The van der Waals surface area contributed by atoms with Gasteiger partial charge in [-0.05, 0) is 6.42 Å². The number of nitrogens with zero attached hydrogens (tertiary/aromatic N) is 2. The van der Waals surface area contributed by atoms with E-state index in [0.717, 1.165) is 0 Å². The summed E-state index contributed by atoms with van der Waals surface area (Å²) in [5, 5.41) is 8.50. The molecule has 0 aliphatic heterocycles. The molecule has 0 aliphatic carbocycles. The first-order valence-electron chi connectivity index (χ1n) is 5.41. The highest BCUT2D eigenvalue weighted by molar-refractivity contribution is 7.89. The Morgan fingerprint density at radius 2 is 1.82 bits per heavy atom. The molecular weight excluding hydrogens is 244 g/mol. The SMILES string of the molecule is COCCCS(=O)(=O)N(CCC#N)CCOC. The lowest BCUT2D eigenvalue weighted by molar-refractivity contribution is 0.178. The molecule has 0 atom stereocenters. The molecule has 0 spiro atoms.